The molecule has 0 aliphatic carbocycles. The third-order valence-corrected chi connectivity index (χ3v) is 3.45. The zero-order chi connectivity index (χ0) is 12.4. The highest BCUT2D eigenvalue weighted by atomic mass is 16.3. The maximum Gasteiger partial charge on any atom is 0.257 e. The maximum absolute atomic E-state index is 12.3. The highest BCUT2D eigenvalue weighted by Gasteiger charge is 2.25. The van der Waals surface area contributed by atoms with Crippen LogP contribution in [0.25, 0.3) is 0 Å². The molecule has 1 N–H and O–H groups in total. The van der Waals surface area contributed by atoms with Crippen LogP contribution in [0.5, 0.6) is 5.75 Å². The van der Waals surface area contributed by atoms with Gasteiger partial charge in [0.2, 0.25) is 0 Å². The summed E-state index contributed by atoms with van der Waals surface area (Å²) < 4.78 is 0. The van der Waals surface area contributed by atoms with Crippen molar-refractivity contribution in [3.05, 3.63) is 29.3 Å². The fourth-order valence-electron chi connectivity index (χ4n) is 2.38. The Morgan fingerprint density at radius 2 is 2.18 bits per heavy atom. The number of likely N-dealkylation sites (tertiary alicyclic amines) is 1. The molecule has 1 aromatic rings. The summed E-state index contributed by atoms with van der Waals surface area (Å²) in [6.07, 6.45) is 3.30. The molecule has 1 aromatic carbocycles. The quantitative estimate of drug-likeness (QED) is 0.810. The van der Waals surface area contributed by atoms with Crippen molar-refractivity contribution in [3.8, 4) is 5.75 Å². The van der Waals surface area contributed by atoms with Crippen LogP contribution >= 0.6 is 0 Å². The molecule has 0 spiro atoms. The van der Waals surface area contributed by atoms with Crippen LogP contribution in [0.1, 0.15) is 42.1 Å². The molecule has 1 aliphatic heterocycles. The Balaban J connectivity index is 2.24. The topological polar surface area (TPSA) is 40.5 Å². The zero-order valence-electron chi connectivity index (χ0n) is 10.4. The second kappa shape index (κ2) is 4.78. The molecule has 1 unspecified atom stereocenters. The van der Waals surface area contributed by atoms with E-state index in [4.69, 9.17) is 0 Å². The number of carbonyl (C=O) groups excluding carboxylic acids is 1. The number of benzene rings is 1. The summed E-state index contributed by atoms with van der Waals surface area (Å²) >= 11 is 0. The van der Waals surface area contributed by atoms with Crippen molar-refractivity contribution in [3.63, 3.8) is 0 Å². The molecule has 3 nitrogen and oxygen atoms in total. The van der Waals surface area contributed by atoms with Gasteiger partial charge < -0.3 is 10.0 Å². The Bertz CT molecular complexity index is 428. The molecule has 2 rings (SSSR count). The average Bonchev–Trinajstić information content (AvgIpc) is 2.29. The first-order valence-electron chi connectivity index (χ1n) is 6.20. The largest absolute Gasteiger partial charge is 0.507 e. The molecule has 0 saturated carbocycles. The molecule has 1 fully saturated rings. The van der Waals surface area contributed by atoms with Crippen LogP contribution in [-0.2, 0) is 0 Å². The fourth-order valence-corrected chi connectivity index (χ4v) is 2.38. The Hall–Kier alpha value is -1.51. The summed E-state index contributed by atoms with van der Waals surface area (Å²) in [4.78, 5) is 14.2. The summed E-state index contributed by atoms with van der Waals surface area (Å²) in [5.41, 5.74) is 1.38. The van der Waals surface area contributed by atoms with Crippen molar-refractivity contribution in [1.29, 1.82) is 0 Å². The summed E-state index contributed by atoms with van der Waals surface area (Å²) in [5.74, 6) is 0.0440. The molecule has 1 amide bonds. The molecule has 92 valence electrons. The lowest BCUT2D eigenvalue weighted by Crippen LogP contribution is -2.42. The van der Waals surface area contributed by atoms with Crippen LogP contribution in [0.4, 0.5) is 0 Å². The molecule has 3 heteroatoms. The molecule has 1 atom stereocenters. The van der Waals surface area contributed by atoms with E-state index >= 15 is 0 Å². The number of aryl methyl sites for hydroxylation is 1. The summed E-state index contributed by atoms with van der Waals surface area (Å²) in [6, 6.07) is 5.49. The van der Waals surface area contributed by atoms with Crippen molar-refractivity contribution in [1.82, 2.24) is 4.90 Å². The number of amides is 1. The van der Waals surface area contributed by atoms with E-state index in [2.05, 4.69) is 6.92 Å². The monoisotopic (exact) mass is 233 g/mol. The lowest BCUT2D eigenvalue weighted by atomic mass is 10.0. The van der Waals surface area contributed by atoms with Crippen molar-refractivity contribution in [2.45, 2.75) is 39.2 Å². The van der Waals surface area contributed by atoms with Crippen LogP contribution in [-0.4, -0.2) is 28.5 Å². The third kappa shape index (κ3) is 2.43. The normalized spacial score (nSPS) is 20.4. The average molecular weight is 233 g/mol. The molecule has 0 aromatic heterocycles. The smallest absolute Gasteiger partial charge is 0.257 e. The molecule has 17 heavy (non-hydrogen) atoms. The number of aromatic hydroxyl groups is 1. The highest BCUT2D eigenvalue weighted by Crippen LogP contribution is 2.24. The number of piperidine rings is 1. The molecule has 1 aliphatic rings. The van der Waals surface area contributed by atoms with Gasteiger partial charge in [0.25, 0.3) is 5.91 Å². The van der Waals surface area contributed by atoms with E-state index in [9.17, 15) is 9.90 Å². The minimum Gasteiger partial charge on any atom is -0.507 e. The minimum atomic E-state index is -0.0466. The third-order valence-electron chi connectivity index (χ3n) is 3.45. The minimum absolute atomic E-state index is 0.0466. The van der Waals surface area contributed by atoms with Gasteiger partial charge in [0, 0.05) is 12.6 Å². The van der Waals surface area contributed by atoms with Crippen LogP contribution in [0.2, 0.25) is 0 Å². The number of rotatable bonds is 1. The second-order valence-electron chi connectivity index (χ2n) is 4.86. The van der Waals surface area contributed by atoms with Gasteiger partial charge >= 0.3 is 0 Å². The molecule has 0 bridgehead atoms. The number of nitrogens with zero attached hydrogens (tertiary/aromatic N) is 1. The predicted molar refractivity (Wildman–Crippen MR) is 67.2 cm³/mol. The van der Waals surface area contributed by atoms with E-state index in [1.165, 1.54) is 6.42 Å². The summed E-state index contributed by atoms with van der Waals surface area (Å²) in [5, 5.41) is 9.83. The van der Waals surface area contributed by atoms with Crippen LogP contribution in [0.3, 0.4) is 0 Å². The predicted octanol–water partition coefficient (Wildman–Crippen LogP) is 2.72. The molecule has 1 heterocycles. The number of hydrogen-bond acceptors (Lipinski definition) is 2. The van der Waals surface area contributed by atoms with Gasteiger partial charge in [0.05, 0.1) is 5.56 Å². The van der Waals surface area contributed by atoms with Crippen LogP contribution in [0.15, 0.2) is 18.2 Å². The zero-order valence-corrected chi connectivity index (χ0v) is 10.4. The van der Waals surface area contributed by atoms with Crippen LogP contribution in [0, 0.1) is 6.92 Å². The van der Waals surface area contributed by atoms with E-state index in [-0.39, 0.29) is 17.7 Å². The molecular weight excluding hydrogens is 214 g/mol. The second-order valence-corrected chi connectivity index (χ2v) is 4.86. The molecule has 1 saturated heterocycles. The SMILES string of the molecule is Cc1ccc(C(=O)N2CCCCC2C)c(O)c1. The van der Waals surface area contributed by atoms with Gasteiger partial charge in [-0.15, -0.1) is 0 Å². The van der Waals surface area contributed by atoms with Crippen molar-refractivity contribution in [2.24, 2.45) is 0 Å². The van der Waals surface area contributed by atoms with E-state index in [1.54, 1.807) is 12.1 Å². The summed E-state index contributed by atoms with van der Waals surface area (Å²) in [7, 11) is 0. The van der Waals surface area contributed by atoms with Gasteiger partial charge in [-0.05, 0) is 50.8 Å². The molecular formula is C14H19NO2. The van der Waals surface area contributed by atoms with Gasteiger partial charge in [-0.1, -0.05) is 6.07 Å². The van der Waals surface area contributed by atoms with Gasteiger partial charge in [0.1, 0.15) is 5.75 Å². The summed E-state index contributed by atoms with van der Waals surface area (Å²) in [6.45, 7) is 4.77. The first-order chi connectivity index (χ1) is 8.09. The maximum atomic E-state index is 12.3. The lowest BCUT2D eigenvalue weighted by molar-refractivity contribution is 0.0632. The standard InChI is InChI=1S/C14H19NO2/c1-10-6-7-12(13(16)9-10)14(17)15-8-4-3-5-11(15)2/h6-7,9,11,16H,3-5,8H2,1-2H3. The van der Waals surface area contributed by atoms with E-state index in [1.807, 2.05) is 17.9 Å². The Labute approximate surface area is 102 Å². The number of phenolic OH excluding ortho intramolecular Hbond substituents is 1. The Kier molecular flexibility index (Phi) is 3.36. The van der Waals surface area contributed by atoms with Gasteiger partial charge in [0.15, 0.2) is 0 Å². The first kappa shape index (κ1) is 12.0. The fraction of sp³-hybridized carbons (Fsp3) is 0.500. The Morgan fingerprint density at radius 1 is 1.41 bits per heavy atom. The van der Waals surface area contributed by atoms with Gasteiger partial charge in [-0.3, -0.25) is 4.79 Å². The van der Waals surface area contributed by atoms with E-state index in [0.29, 0.717) is 5.56 Å². The highest BCUT2D eigenvalue weighted by molar-refractivity contribution is 5.97. The van der Waals surface area contributed by atoms with Crippen molar-refractivity contribution < 1.29 is 9.90 Å². The van der Waals surface area contributed by atoms with Gasteiger partial charge in [-0.25, -0.2) is 0 Å². The van der Waals surface area contributed by atoms with Crippen molar-refractivity contribution in [2.75, 3.05) is 6.54 Å². The number of carbonyl (C=O) groups is 1. The van der Waals surface area contributed by atoms with E-state index in [0.717, 1.165) is 24.9 Å². The lowest BCUT2D eigenvalue weighted by Gasteiger charge is -2.33. The first-order valence-corrected chi connectivity index (χ1v) is 6.20. The van der Waals surface area contributed by atoms with Crippen LogP contribution < -0.4 is 0 Å². The number of phenols is 1. The molecule has 0 radical (unpaired) electrons. The van der Waals surface area contributed by atoms with Gasteiger partial charge in [-0.2, -0.15) is 0 Å². The Morgan fingerprint density at radius 3 is 2.82 bits per heavy atom. The number of hydrogen-bond donors (Lipinski definition) is 1. The van der Waals surface area contributed by atoms with Crippen molar-refractivity contribution >= 4 is 5.91 Å². The van der Waals surface area contributed by atoms with E-state index < -0.39 is 0 Å².